The Morgan fingerprint density at radius 1 is 1.38 bits per heavy atom. The molecule has 0 saturated heterocycles. The van der Waals surface area contributed by atoms with E-state index in [2.05, 4.69) is 35.6 Å². The Morgan fingerprint density at radius 3 is 3.00 bits per heavy atom. The molecule has 2 atom stereocenters. The minimum Gasteiger partial charge on any atom is -0.373 e. The van der Waals surface area contributed by atoms with E-state index in [1.165, 1.54) is 0 Å². The SMILES string of the molecule is CC[C@@H](O)n1cc(-c2cccs2)nc1CCC1=NC2C=CC=C(C)N2N1. The average Bonchev–Trinajstić information content (AvgIpc) is 3.37. The standard InChI is InChI=1S/C19H23N5OS/c1-3-19(25)23-12-14(15-7-5-11-26-15)20-17(23)10-9-16-21-18-8-4-6-13(2)24(18)22-16/h4-8,11-12,18-19,25H,3,9-10H2,1-2H3,(H,21,22)/t18?,19-/m1/s1. The number of hydrazine groups is 1. The maximum absolute atomic E-state index is 10.4. The first kappa shape index (κ1) is 17.1. The van der Waals surface area contributed by atoms with E-state index < -0.39 is 6.23 Å². The zero-order chi connectivity index (χ0) is 18.1. The van der Waals surface area contributed by atoms with Crippen LogP contribution in [0.2, 0.25) is 0 Å². The molecule has 26 heavy (non-hydrogen) atoms. The quantitative estimate of drug-likeness (QED) is 0.818. The third-order valence-corrected chi connectivity index (χ3v) is 5.55. The summed E-state index contributed by atoms with van der Waals surface area (Å²) < 4.78 is 1.89. The van der Waals surface area contributed by atoms with Crippen molar-refractivity contribution >= 4 is 17.2 Å². The molecule has 0 radical (unpaired) electrons. The number of aliphatic hydroxyl groups is 1. The second kappa shape index (κ2) is 7.09. The molecule has 7 heteroatoms. The normalized spacial score (nSPS) is 19.8. The Balaban J connectivity index is 1.51. The van der Waals surface area contributed by atoms with Crippen molar-refractivity contribution in [3.63, 3.8) is 0 Å². The van der Waals surface area contributed by atoms with Gasteiger partial charge in [0.2, 0.25) is 0 Å². The highest BCUT2D eigenvalue weighted by Crippen LogP contribution is 2.27. The number of amidine groups is 1. The zero-order valence-corrected chi connectivity index (χ0v) is 15.8. The average molecular weight is 369 g/mol. The van der Waals surface area contributed by atoms with Crippen LogP contribution in [0.4, 0.5) is 0 Å². The van der Waals surface area contributed by atoms with Crippen LogP contribution in [0.15, 0.2) is 52.6 Å². The maximum Gasteiger partial charge on any atom is 0.160 e. The summed E-state index contributed by atoms with van der Waals surface area (Å²) in [6.07, 6.45) is 9.76. The van der Waals surface area contributed by atoms with Gasteiger partial charge in [-0.2, -0.15) is 0 Å². The van der Waals surface area contributed by atoms with Crippen LogP contribution in [0.25, 0.3) is 10.6 Å². The number of rotatable bonds is 6. The van der Waals surface area contributed by atoms with Crippen LogP contribution >= 0.6 is 11.3 Å². The molecule has 2 aliphatic heterocycles. The minimum absolute atomic E-state index is 0.0395. The highest BCUT2D eigenvalue weighted by Gasteiger charge is 2.26. The lowest BCUT2D eigenvalue weighted by Crippen LogP contribution is -2.39. The molecule has 0 spiro atoms. The predicted octanol–water partition coefficient (Wildman–Crippen LogP) is 3.46. The van der Waals surface area contributed by atoms with Gasteiger partial charge in [0, 0.05) is 24.7 Å². The minimum atomic E-state index is -0.552. The fraction of sp³-hybridized carbons (Fsp3) is 0.368. The Hall–Kier alpha value is -2.38. The van der Waals surface area contributed by atoms with E-state index in [9.17, 15) is 5.11 Å². The Morgan fingerprint density at radius 2 is 2.27 bits per heavy atom. The lowest BCUT2D eigenvalue weighted by molar-refractivity contribution is 0.0968. The van der Waals surface area contributed by atoms with Crippen molar-refractivity contribution in [1.82, 2.24) is 20.0 Å². The summed E-state index contributed by atoms with van der Waals surface area (Å²) in [5.74, 6) is 1.84. The second-order valence-electron chi connectivity index (χ2n) is 6.48. The van der Waals surface area contributed by atoms with Crippen LogP contribution in [0.1, 0.15) is 38.7 Å². The molecule has 6 nitrogen and oxygen atoms in total. The van der Waals surface area contributed by atoms with Gasteiger partial charge < -0.3 is 9.67 Å². The number of aliphatic imine (C=N–C) groups is 1. The summed E-state index contributed by atoms with van der Waals surface area (Å²) in [6.45, 7) is 4.04. The highest BCUT2D eigenvalue weighted by molar-refractivity contribution is 7.13. The third kappa shape index (κ3) is 3.20. The number of thiophene rings is 1. The molecule has 136 valence electrons. The van der Waals surface area contributed by atoms with Gasteiger partial charge in [0.05, 0.1) is 10.6 Å². The molecule has 2 N–H and O–H groups in total. The monoisotopic (exact) mass is 369 g/mol. The molecule has 2 aromatic heterocycles. The molecule has 0 aliphatic carbocycles. The maximum atomic E-state index is 10.4. The molecule has 4 heterocycles. The third-order valence-electron chi connectivity index (χ3n) is 4.66. The van der Waals surface area contributed by atoms with Gasteiger partial charge in [-0.15, -0.1) is 11.3 Å². The van der Waals surface area contributed by atoms with Crippen LogP contribution in [0.5, 0.6) is 0 Å². The van der Waals surface area contributed by atoms with Gasteiger partial charge >= 0.3 is 0 Å². The Labute approximate surface area is 157 Å². The lowest BCUT2D eigenvalue weighted by Gasteiger charge is -2.26. The first-order chi connectivity index (χ1) is 12.7. The van der Waals surface area contributed by atoms with Crippen molar-refractivity contribution in [2.45, 2.75) is 45.5 Å². The highest BCUT2D eigenvalue weighted by atomic mass is 32.1. The van der Waals surface area contributed by atoms with Crippen LogP contribution in [-0.2, 0) is 6.42 Å². The van der Waals surface area contributed by atoms with E-state index >= 15 is 0 Å². The Kier molecular flexibility index (Phi) is 4.65. The number of nitrogens with one attached hydrogen (secondary N) is 1. The van der Waals surface area contributed by atoms with E-state index in [0.717, 1.165) is 40.8 Å². The largest absolute Gasteiger partial charge is 0.373 e. The van der Waals surface area contributed by atoms with Crippen LogP contribution in [0, 0.1) is 0 Å². The van der Waals surface area contributed by atoms with Crippen molar-refractivity contribution in [3.8, 4) is 10.6 Å². The molecule has 2 aliphatic rings. The van der Waals surface area contributed by atoms with Gasteiger partial charge in [-0.3, -0.25) is 10.4 Å². The van der Waals surface area contributed by atoms with Crippen molar-refractivity contribution < 1.29 is 5.11 Å². The van der Waals surface area contributed by atoms with Gasteiger partial charge in [-0.1, -0.05) is 19.1 Å². The van der Waals surface area contributed by atoms with Crippen LogP contribution in [0.3, 0.4) is 0 Å². The lowest BCUT2D eigenvalue weighted by atomic mass is 10.2. The summed E-state index contributed by atoms with van der Waals surface area (Å²) in [5, 5.41) is 14.5. The molecular weight excluding hydrogens is 346 g/mol. The van der Waals surface area contributed by atoms with Gasteiger partial charge in [0.15, 0.2) is 6.17 Å². The molecule has 0 amide bonds. The van der Waals surface area contributed by atoms with Gasteiger partial charge in [-0.25, -0.2) is 9.98 Å². The molecule has 1 unspecified atom stereocenters. The van der Waals surface area contributed by atoms with E-state index in [4.69, 9.17) is 9.98 Å². The van der Waals surface area contributed by atoms with E-state index in [1.807, 2.05) is 35.2 Å². The molecule has 2 aromatic rings. The zero-order valence-electron chi connectivity index (χ0n) is 15.0. The van der Waals surface area contributed by atoms with Crippen molar-refractivity contribution in [2.24, 2.45) is 4.99 Å². The molecule has 0 fully saturated rings. The fourth-order valence-electron chi connectivity index (χ4n) is 3.22. The molecule has 0 saturated carbocycles. The number of aromatic nitrogens is 2. The topological polar surface area (TPSA) is 65.7 Å². The van der Waals surface area contributed by atoms with Crippen molar-refractivity contribution in [1.29, 1.82) is 0 Å². The molecular formula is C19H23N5OS. The van der Waals surface area contributed by atoms with Crippen molar-refractivity contribution in [2.75, 3.05) is 0 Å². The number of imidazole rings is 1. The predicted molar refractivity (Wildman–Crippen MR) is 105 cm³/mol. The van der Waals surface area contributed by atoms with Crippen molar-refractivity contribution in [3.05, 3.63) is 53.5 Å². The van der Waals surface area contributed by atoms with Crippen LogP contribution < -0.4 is 5.43 Å². The summed E-state index contributed by atoms with van der Waals surface area (Å²) in [7, 11) is 0. The van der Waals surface area contributed by atoms with E-state index in [1.54, 1.807) is 11.3 Å². The molecule has 0 bridgehead atoms. The number of aryl methyl sites for hydroxylation is 1. The molecule has 0 aromatic carbocycles. The van der Waals surface area contributed by atoms with Gasteiger partial charge in [0.1, 0.15) is 17.9 Å². The van der Waals surface area contributed by atoms with Gasteiger partial charge in [0.25, 0.3) is 0 Å². The summed E-state index contributed by atoms with van der Waals surface area (Å²) in [6, 6.07) is 4.08. The van der Waals surface area contributed by atoms with Gasteiger partial charge in [-0.05, 0) is 36.9 Å². The van der Waals surface area contributed by atoms with E-state index in [0.29, 0.717) is 6.42 Å². The summed E-state index contributed by atoms with van der Waals surface area (Å²) >= 11 is 1.66. The number of hydrogen-bond acceptors (Lipinski definition) is 6. The first-order valence-electron chi connectivity index (χ1n) is 8.93. The Bertz CT molecular complexity index is 865. The first-order valence-corrected chi connectivity index (χ1v) is 9.81. The number of nitrogens with zero attached hydrogens (tertiary/aromatic N) is 4. The summed E-state index contributed by atoms with van der Waals surface area (Å²) in [4.78, 5) is 10.6. The number of allylic oxidation sites excluding steroid dienone is 3. The fourth-order valence-corrected chi connectivity index (χ4v) is 3.90. The summed E-state index contributed by atoms with van der Waals surface area (Å²) in [5.41, 5.74) is 5.45. The number of hydrogen-bond donors (Lipinski definition) is 2. The molecule has 4 rings (SSSR count). The van der Waals surface area contributed by atoms with E-state index in [-0.39, 0.29) is 6.17 Å². The smallest absolute Gasteiger partial charge is 0.160 e. The number of aliphatic hydroxyl groups excluding tert-OH is 1. The van der Waals surface area contributed by atoms with Crippen LogP contribution in [-0.4, -0.2) is 31.7 Å². The number of fused-ring (bicyclic) bond motifs is 1. The second-order valence-corrected chi connectivity index (χ2v) is 7.43.